The number of aliphatic carboxylic acids is 1. The number of rotatable bonds is 9. The van der Waals surface area contributed by atoms with Crippen molar-refractivity contribution < 1.29 is 23.1 Å². The van der Waals surface area contributed by atoms with Crippen molar-refractivity contribution in [1.29, 1.82) is 0 Å². The Morgan fingerprint density at radius 2 is 1.85 bits per heavy atom. The fourth-order valence-corrected chi connectivity index (χ4v) is 4.60. The molecule has 4 rings (SSSR count). The molecule has 0 bridgehead atoms. The Labute approximate surface area is 228 Å². The maximum absolute atomic E-state index is 15.8. The highest BCUT2D eigenvalue weighted by molar-refractivity contribution is 6.74. The summed E-state index contributed by atoms with van der Waals surface area (Å²) in [5.74, 6) is -0.898. The molecule has 4 aromatic rings. The zero-order chi connectivity index (χ0) is 28.2. The maximum Gasteiger partial charge on any atom is 0.352 e. The molecule has 2 N–H and O–H groups in total. The van der Waals surface area contributed by atoms with Gasteiger partial charge in [0, 0.05) is 18.1 Å². The molecule has 0 saturated carbocycles. The SMILES string of the molecule is CC(C)(C)[Si](C)(C)Oc1cccc(-c2cnc(N/C(=C\c3ccco3)C(=O)O)c(Cc3ccccc3)n2)c1F. The van der Waals surface area contributed by atoms with Gasteiger partial charge < -0.3 is 19.3 Å². The Kier molecular flexibility index (Phi) is 8.01. The van der Waals surface area contributed by atoms with Gasteiger partial charge in [0.2, 0.25) is 0 Å². The van der Waals surface area contributed by atoms with Gasteiger partial charge in [-0.25, -0.2) is 19.2 Å². The summed E-state index contributed by atoms with van der Waals surface area (Å²) in [5, 5.41) is 12.6. The second-order valence-corrected chi connectivity index (χ2v) is 15.4. The second-order valence-electron chi connectivity index (χ2n) is 10.7. The third-order valence-corrected chi connectivity index (χ3v) is 11.1. The number of anilines is 1. The zero-order valence-electron chi connectivity index (χ0n) is 22.7. The molecule has 0 unspecified atom stereocenters. The van der Waals surface area contributed by atoms with Gasteiger partial charge in [0.1, 0.15) is 17.2 Å². The number of carboxylic acid groups (broad SMARTS) is 1. The number of hydrogen-bond acceptors (Lipinski definition) is 6. The van der Waals surface area contributed by atoms with Crippen LogP contribution in [0.1, 0.15) is 37.8 Å². The number of benzene rings is 2. The number of hydrogen-bond donors (Lipinski definition) is 2. The van der Waals surface area contributed by atoms with Crippen molar-refractivity contribution >= 4 is 26.2 Å². The summed E-state index contributed by atoms with van der Waals surface area (Å²) < 4.78 is 27.3. The van der Waals surface area contributed by atoms with Gasteiger partial charge in [-0.3, -0.25) is 0 Å². The summed E-state index contributed by atoms with van der Waals surface area (Å²) >= 11 is 0. The first kappa shape index (κ1) is 27.8. The van der Waals surface area contributed by atoms with Crippen LogP contribution in [-0.4, -0.2) is 29.4 Å². The normalized spacial score (nSPS) is 12.3. The predicted molar refractivity (Wildman–Crippen MR) is 152 cm³/mol. The smallest absolute Gasteiger partial charge is 0.352 e. The van der Waals surface area contributed by atoms with Crippen molar-refractivity contribution in [3.63, 3.8) is 0 Å². The Balaban J connectivity index is 1.75. The van der Waals surface area contributed by atoms with E-state index in [0.29, 0.717) is 23.6 Å². The fourth-order valence-electron chi connectivity index (χ4n) is 3.58. The summed E-state index contributed by atoms with van der Waals surface area (Å²) in [5.41, 5.74) is 1.83. The lowest BCUT2D eigenvalue weighted by Crippen LogP contribution is -2.44. The lowest BCUT2D eigenvalue weighted by Gasteiger charge is -2.36. The van der Waals surface area contributed by atoms with Crippen molar-refractivity contribution in [3.05, 3.63) is 102 Å². The number of carboxylic acids is 1. The number of carbonyl (C=O) groups is 1. The monoisotopic (exact) mass is 545 g/mol. The summed E-state index contributed by atoms with van der Waals surface area (Å²) in [6.45, 7) is 10.4. The Morgan fingerprint density at radius 3 is 2.49 bits per heavy atom. The Morgan fingerprint density at radius 1 is 1.10 bits per heavy atom. The lowest BCUT2D eigenvalue weighted by atomic mass is 10.1. The quantitative estimate of drug-likeness (QED) is 0.167. The largest absolute Gasteiger partial charge is 0.542 e. The second kappa shape index (κ2) is 11.2. The standard InChI is InChI=1S/C30H32FN3O4Si/c1-30(2,3)39(4,5)38-26-15-9-14-22(27(26)31)25-19-32-28(23(33-25)17-20-11-7-6-8-12-20)34-24(29(35)36)18-21-13-10-16-37-21/h6-16,18-19H,17H2,1-5H3,(H,32,34)(H,35,36)/b24-18-. The summed E-state index contributed by atoms with van der Waals surface area (Å²) in [6, 6.07) is 17.9. The van der Waals surface area contributed by atoms with E-state index in [1.54, 1.807) is 30.3 Å². The molecule has 0 spiro atoms. The maximum atomic E-state index is 15.8. The molecule has 0 radical (unpaired) electrons. The molecular formula is C30H32FN3O4Si. The highest BCUT2D eigenvalue weighted by Crippen LogP contribution is 2.39. The van der Waals surface area contributed by atoms with Gasteiger partial charge in [0.25, 0.3) is 8.32 Å². The average Bonchev–Trinajstić information content (AvgIpc) is 3.39. The van der Waals surface area contributed by atoms with Crippen molar-refractivity contribution in [3.8, 4) is 17.0 Å². The van der Waals surface area contributed by atoms with Crippen LogP contribution in [0.2, 0.25) is 18.1 Å². The van der Waals surface area contributed by atoms with Crippen LogP contribution in [0.25, 0.3) is 17.3 Å². The Bertz CT molecular complexity index is 1480. The first-order chi connectivity index (χ1) is 18.4. The van der Waals surface area contributed by atoms with E-state index in [1.165, 1.54) is 18.5 Å². The molecule has 0 fully saturated rings. The fraction of sp³-hybridized carbons (Fsp3) is 0.233. The van der Waals surface area contributed by atoms with Gasteiger partial charge in [0.15, 0.2) is 11.6 Å². The zero-order valence-corrected chi connectivity index (χ0v) is 23.7. The van der Waals surface area contributed by atoms with Gasteiger partial charge in [-0.2, -0.15) is 0 Å². The average molecular weight is 546 g/mol. The molecular weight excluding hydrogens is 513 g/mol. The molecule has 2 aromatic heterocycles. The van der Waals surface area contributed by atoms with Crippen LogP contribution >= 0.6 is 0 Å². The van der Waals surface area contributed by atoms with Gasteiger partial charge >= 0.3 is 5.97 Å². The molecule has 0 saturated heterocycles. The van der Waals surface area contributed by atoms with Gasteiger partial charge in [-0.1, -0.05) is 57.2 Å². The minimum Gasteiger partial charge on any atom is -0.542 e. The van der Waals surface area contributed by atoms with E-state index in [0.717, 1.165) is 5.56 Å². The van der Waals surface area contributed by atoms with Gasteiger partial charge in [-0.05, 0) is 48.0 Å². The van der Waals surface area contributed by atoms with Crippen molar-refractivity contribution in [1.82, 2.24) is 9.97 Å². The molecule has 0 aliphatic carbocycles. The third-order valence-electron chi connectivity index (χ3n) is 6.78. The van der Waals surface area contributed by atoms with E-state index < -0.39 is 20.1 Å². The molecule has 202 valence electrons. The first-order valence-corrected chi connectivity index (χ1v) is 15.5. The number of halogens is 1. The molecule has 39 heavy (non-hydrogen) atoms. The van der Waals surface area contributed by atoms with E-state index >= 15 is 4.39 Å². The summed E-state index contributed by atoms with van der Waals surface area (Å²) in [7, 11) is -2.28. The highest BCUT2D eigenvalue weighted by atomic mass is 28.4. The number of nitrogens with zero attached hydrogens (tertiary/aromatic N) is 2. The Hall–Kier alpha value is -4.24. The van der Waals surface area contributed by atoms with Gasteiger partial charge in [0.05, 0.1) is 23.8 Å². The minimum absolute atomic E-state index is 0.101. The van der Waals surface area contributed by atoms with Crippen LogP contribution in [-0.2, 0) is 11.2 Å². The molecule has 2 heterocycles. The molecule has 7 nitrogen and oxygen atoms in total. The number of aromatic nitrogens is 2. The van der Waals surface area contributed by atoms with E-state index in [4.69, 9.17) is 13.8 Å². The van der Waals surface area contributed by atoms with E-state index in [-0.39, 0.29) is 27.9 Å². The van der Waals surface area contributed by atoms with E-state index in [9.17, 15) is 9.90 Å². The van der Waals surface area contributed by atoms with Crippen LogP contribution in [0.3, 0.4) is 0 Å². The number of nitrogens with one attached hydrogen (secondary N) is 1. The van der Waals surface area contributed by atoms with Crippen LogP contribution in [0.5, 0.6) is 5.75 Å². The van der Waals surface area contributed by atoms with Gasteiger partial charge in [-0.15, -0.1) is 0 Å². The molecule has 9 heteroatoms. The van der Waals surface area contributed by atoms with E-state index in [1.807, 2.05) is 30.3 Å². The topological polar surface area (TPSA) is 97.5 Å². The first-order valence-electron chi connectivity index (χ1n) is 12.6. The third kappa shape index (κ3) is 6.61. The van der Waals surface area contributed by atoms with Crippen molar-refractivity contribution in [2.75, 3.05) is 5.32 Å². The minimum atomic E-state index is -2.28. The predicted octanol–water partition coefficient (Wildman–Crippen LogP) is 7.39. The van der Waals surface area contributed by atoms with Crippen molar-refractivity contribution in [2.24, 2.45) is 0 Å². The molecule has 0 aliphatic rings. The van der Waals surface area contributed by atoms with Crippen LogP contribution in [0, 0.1) is 5.82 Å². The highest BCUT2D eigenvalue weighted by Gasteiger charge is 2.39. The van der Waals surface area contributed by atoms with E-state index in [2.05, 4.69) is 44.2 Å². The molecule has 0 aliphatic heterocycles. The molecule has 0 atom stereocenters. The lowest BCUT2D eigenvalue weighted by molar-refractivity contribution is -0.132. The molecule has 0 amide bonds. The van der Waals surface area contributed by atoms with Crippen LogP contribution in [0.15, 0.2) is 83.2 Å². The summed E-state index contributed by atoms with van der Waals surface area (Å²) in [4.78, 5) is 21.2. The van der Waals surface area contributed by atoms with Crippen LogP contribution < -0.4 is 9.74 Å². The molecule has 2 aromatic carbocycles. The van der Waals surface area contributed by atoms with Crippen LogP contribution in [0.4, 0.5) is 10.2 Å². The summed E-state index contributed by atoms with van der Waals surface area (Å²) in [6.07, 6.45) is 4.60. The van der Waals surface area contributed by atoms with Crippen molar-refractivity contribution in [2.45, 2.75) is 45.3 Å². The number of furan rings is 1.